The number of carbonyl (C=O) groups excluding carboxylic acids is 2. The van der Waals surface area contributed by atoms with E-state index in [4.69, 9.17) is 9.47 Å². The quantitative estimate of drug-likeness (QED) is 0.797. The molecule has 0 spiro atoms. The number of anilines is 1. The Morgan fingerprint density at radius 3 is 2.57 bits per heavy atom. The summed E-state index contributed by atoms with van der Waals surface area (Å²) in [5.41, 5.74) is 0.929. The third-order valence-electron chi connectivity index (χ3n) is 2.93. The van der Waals surface area contributed by atoms with Crippen LogP contribution in [0.5, 0.6) is 5.75 Å². The summed E-state index contributed by atoms with van der Waals surface area (Å²) >= 11 is 0. The van der Waals surface area contributed by atoms with Gasteiger partial charge in [-0.2, -0.15) is 0 Å². The molecule has 5 nitrogen and oxygen atoms in total. The molecular formula is C18H19NO4. The first kappa shape index (κ1) is 16.5. The maximum absolute atomic E-state index is 11.9. The first-order valence-corrected chi connectivity index (χ1v) is 7.44. The summed E-state index contributed by atoms with van der Waals surface area (Å²) in [6.45, 7) is 2.20. The zero-order valence-corrected chi connectivity index (χ0v) is 13.0. The third kappa shape index (κ3) is 5.47. The second kappa shape index (κ2) is 8.58. The average molecular weight is 313 g/mol. The van der Waals surface area contributed by atoms with E-state index in [0.29, 0.717) is 23.6 Å². The lowest BCUT2D eigenvalue weighted by molar-refractivity contribution is -0.118. The molecule has 0 aliphatic heterocycles. The Bertz CT molecular complexity index is 655. The van der Waals surface area contributed by atoms with Crippen LogP contribution in [0.1, 0.15) is 23.7 Å². The van der Waals surface area contributed by atoms with Gasteiger partial charge in [0.25, 0.3) is 5.91 Å². The average Bonchev–Trinajstić information content (AvgIpc) is 2.59. The largest absolute Gasteiger partial charge is 0.484 e. The van der Waals surface area contributed by atoms with Gasteiger partial charge in [0.2, 0.25) is 0 Å². The fourth-order valence-corrected chi connectivity index (χ4v) is 1.86. The van der Waals surface area contributed by atoms with Gasteiger partial charge in [0.05, 0.1) is 12.2 Å². The number of rotatable bonds is 7. The molecule has 0 heterocycles. The van der Waals surface area contributed by atoms with Gasteiger partial charge < -0.3 is 14.8 Å². The minimum absolute atomic E-state index is 0.103. The molecule has 2 aromatic rings. The fourth-order valence-electron chi connectivity index (χ4n) is 1.86. The Morgan fingerprint density at radius 1 is 1.04 bits per heavy atom. The fraction of sp³-hybridized carbons (Fsp3) is 0.222. The Balaban J connectivity index is 1.89. The van der Waals surface area contributed by atoms with E-state index in [1.807, 2.05) is 25.1 Å². The van der Waals surface area contributed by atoms with Crippen molar-refractivity contribution in [1.82, 2.24) is 0 Å². The van der Waals surface area contributed by atoms with E-state index in [1.54, 1.807) is 36.4 Å². The van der Waals surface area contributed by atoms with Crippen molar-refractivity contribution >= 4 is 17.6 Å². The van der Waals surface area contributed by atoms with Crippen LogP contribution in [0.2, 0.25) is 0 Å². The van der Waals surface area contributed by atoms with Crippen LogP contribution in [-0.2, 0) is 9.53 Å². The standard InChI is InChI=1S/C18H19NO4/c1-2-11-22-18(21)14-7-6-8-15(12-14)19-17(20)13-23-16-9-4-3-5-10-16/h3-10,12H,2,11,13H2,1H3,(H,19,20). The zero-order chi connectivity index (χ0) is 16.5. The van der Waals surface area contributed by atoms with Crippen molar-refractivity contribution < 1.29 is 19.1 Å². The van der Waals surface area contributed by atoms with Gasteiger partial charge in [-0.3, -0.25) is 4.79 Å². The summed E-state index contributed by atoms with van der Waals surface area (Å²) < 4.78 is 10.4. The number of ether oxygens (including phenoxy) is 2. The molecule has 0 unspecified atom stereocenters. The summed E-state index contributed by atoms with van der Waals surface area (Å²) in [7, 11) is 0. The van der Waals surface area contributed by atoms with Crippen molar-refractivity contribution in [2.75, 3.05) is 18.5 Å². The van der Waals surface area contributed by atoms with Crippen molar-refractivity contribution in [3.63, 3.8) is 0 Å². The van der Waals surface area contributed by atoms with E-state index >= 15 is 0 Å². The van der Waals surface area contributed by atoms with E-state index in [9.17, 15) is 9.59 Å². The van der Waals surface area contributed by atoms with Crippen molar-refractivity contribution in [2.24, 2.45) is 0 Å². The number of esters is 1. The third-order valence-corrected chi connectivity index (χ3v) is 2.93. The predicted octanol–water partition coefficient (Wildman–Crippen LogP) is 3.27. The SMILES string of the molecule is CCCOC(=O)c1cccc(NC(=O)COc2ccccc2)c1. The van der Waals surface area contributed by atoms with Crippen LogP contribution in [0.15, 0.2) is 54.6 Å². The minimum atomic E-state index is -0.400. The molecule has 120 valence electrons. The molecule has 0 fully saturated rings. The first-order chi connectivity index (χ1) is 11.2. The number of hydrogen-bond acceptors (Lipinski definition) is 4. The van der Waals surface area contributed by atoms with E-state index < -0.39 is 5.97 Å². The van der Waals surface area contributed by atoms with Crippen LogP contribution in [-0.4, -0.2) is 25.1 Å². The molecule has 2 aromatic carbocycles. The highest BCUT2D eigenvalue weighted by Gasteiger charge is 2.09. The lowest BCUT2D eigenvalue weighted by Gasteiger charge is -2.09. The molecule has 23 heavy (non-hydrogen) atoms. The number of hydrogen-bond donors (Lipinski definition) is 1. The van der Waals surface area contributed by atoms with Crippen LogP contribution in [0.25, 0.3) is 0 Å². The Labute approximate surface area is 135 Å². The van der Waals surface area contributed by atoms with Gasteiger partial charge in [-0.25, -0.2) is 4.79 Å². The van der Waals surface area contributed by atoms with Crippen molar-refractivity contribution in [2.45, 2.75) is 13.3 Å². The van der Waals surface area contributed by atoms with E-state index in [-0.39, 0.29) is 12.5 Å². The summed E-state index contributed by atoms with van der Waals surface area (Å²) in [5, 5.41) is 2.69. The van der Waals surface area contributed by atoms with Gasteiger partial charge in [-0.15, -0.1) is 0 Å². The molecule has 1 N–H and O–H groups in total. The smallest absolute Gasteiger partial charge is 0.338 e. The van der Waals surface area contributed by atoms with E-state index in [1.165, 1.54) is 0 Å². The molecule has 0 aliphatic carbocycles. The predicted molar refractivity (Wildman–Crippen MR) is 87.6 cm³/mol. The molecule has 0 saturated heterocycles. The van der Waals surface area contributed by atoms with Crippen molar-refractivity contribution in [3.05, 3.63) is 60.2 Å². The lowest BCUT2D eigenvalue weighted by atomic mass is 10.2. The second-order valence-corrected chi connectivity index (χ2v) is 4.87. The second-order valence-electron chi connectivity index (χ2n) is 4.87. The monoisotopic (exact) mass is 313 g/mol. The van der Waals surface area contributed by atoms with Crippen LogP contribution < -0.4 is 10.1 Å². The van der Waals surface area contributed by atoms with Crippen LogP contribution in [0.4, 0.5) is 5.69 Å². The van der Waals surface area contributed by atoms with Gasteiger partial charge in [-0.1, -0.05) is 31.2 Å². The highest BCUT2D eigenvalue weighted by Crippen LogP contribution is 2.13. The van der Waals surface area contributed by atoms with Crippen molar-refractivity contribution in [1.29, 1.82) is 0 Å². The first-order valence-electron chi connectivity index (χ1n) is 7.44. The number of benzene rings is 2. The molecule has 0 bridgehead atoms. The maximum Gasteiger partial charge on any atom is 0.338 e. The van der Waals surface area contributed by atoms with E-state index in [2.05, 4.69) is 5.32 Å². The molecule has 0 aliphatic rings. The number of nitrogens with one attached hydrogen (secondary N) is 1. The molecule has 5 heteroatoms. The summed E-state index contributed by atoms with van der Waals surface area (Å²) in [6, 6.07) is 15.7. The van der Waals surface area contributed by atoms with Crippen LogP contribution in [0, 0.1) is 0 Å². The molecule has 0 atom stereocenters. The molecule has 1 amide bonds. The summed E-state index contributed by atoms with van der Waals surface area (Å²) in [5.74, 6) is -0.0732. The lowest BCUT2D eigenvalue weighted by Crippen LogP contribution is -2.20. The minimum Gasteiger partial charge on any atom is -0.484 e. The molecule has 2 rings (SSSR count). The Morgan fingerprint density at radius 2 is 1.83 bits per heavy atom. The number of para-hydroxylation sites is 1. The van der Waals surface area contributed by atoms with Gasteiger partial charge in [0.15, 0.2) is 6.61 Å². The number of amides is 1. The summed E-state index contributed by atoms with van der Waals surface area (Å²) in [4.78, 5) is 23.7. The maximum atomic E-state index is 11.9. The molecule has 0 aromatic heterocycles. The normalized spacial score (nSPS) is 9.96. The van der Waals surface area contributed by atoms with Gasteiger partial charge in [0, 0.05) is 5.69 Å². The van der Waals surface area contributed by atoms with Crippen LogP contribution in [0.3, 0.4) is 0 Å². The van der Waals surface area contributed by atoms with Gasteiger partial charge >= 0.3 is 5.97 Å². The topological polar surface area (TPSA) is 64.6 Å². The Hall–Kier alpha value is -2.82. The van der Waals surface area contributed by atoms with E-state index in [0.717, 1.165) is 6.42 Å². The molecule has 0 radical (unpaired) electrons. The van der Waals surface area contributed by atoms with Crippen LogP contribution >= 0.6 is 0 Å². The Kier molecular flexibility index (Phi) is 6.17. The van der Waals surface area contributed by atoms with Gasteiger partial charge in [0.1, 0.15) is 5.75 Å². The summed E-state index contributed by atoms with van der Waals surface area (Å²) in [6.07, 6.45) is 0.763. The highest BCUT2D eigenvalue weighted by molar-refractivity contribution is 5.95. The number of carbonyl (C=O) groups is 2. The van der Waals surface area contributed by atoms with Crippen molar-refractivity contribution in [3.8, 4) is 5.75 Å². The zero-order valence-electron chi connectivity index (χ0n) is 13.0. The highest BCUT2D eigenvalue weighted by atomic mass is 16.5. The van der Waals surface area contributed by atoms with Gasteiger partial charge in [-0.05, 0) is 36.8 Å². The molecular weight excluding hydrogens is 294 g/mol. The molecule has 0 saturated carbocycles.